The van der Waals surface area contributed by atoms with Crippen molar-refractivity contribution in [3.63, 3.8) is 0 Å². The third kappa shape index (κ3) is 5.26. The van der Waals surface area contributed by atoms with Crippen molar-refractivity contribution in [3.05, 3.63) is 35.1 Å². The fourth-order valence-corrected chi connectivity index (χ4v) is 3.10. The number of carbonyl (C=O) groups excluding carboxylic acids is 1. The van der Waals surface area contributed by atoms with Gasteiger partial charge in [0.15, 0.2) is 5.69 Å². The molecule has 2 aromatic rings. The highest BCUT2D eigenvalue weighted by molar-refractivity contribution is 6.30. The summed E-state index contributed by atoms with van der Waals surface area (Å²) in [6.45, 7) is 0.685. The van der Waals surface area contributed by atoms with Crippen LogP contribution in [0.3, 0.4) is 0 Å². The first-order valence-corrected chi connectivity index (χ1v) is 9.32. The van der Waals surface area contributed by atoms with Gasteiger partial charge < -0.3 is 15.1 Å². The standard InChI is InChI=1S/C18H20ClF3N6O/c1-27(2)15-8-13(18(20,21)22)24-17(26-15)28-7-3-4-11(10-28)16(29)25-14-6-5-12(19)9-23-14/h5-6,8-9,11H,3-4,7,10H2,1-2H3,(H,23,25,29). The third-order valence-corrected chi connectivity index (χ3v) is 4.73. The fourth-order valence-electron chi connectivity index (χ4n) is 2.99. The van der Waals surface area contributed by atoms with Crippen molar-refractivity contribution in [1.29, 1.82) is 0 Å². The topological polar surface area (TPSA) is 74.2 Å². The molecule has 1 atom stereocenters. The Hall–Kier alpha value is -2.62. The van der Waals surface area contributed by atoms with E-state index in [0.717, 1.165) is 6.07 Å². The largest absolute Gasteiger partial charge is 0.433 e. The summed E-state index contributed by atoms with van der Waals surface area (Å²) in [7, 11) is 3.22. The summed E-state index contributed by atoms with van der Waals surface area (Å²) in [5.74, 6) is -0.210. The Morgan fingerprint density at radius 3 is 2.69 bits per heavy atom. The van der Waals surface area contributed by atoms with Gasteiger partial charge in [-0.3, -0.25) is 4.79 Å². The Labute approximate surface area is 170 Å². The van der Waals surface area contributed by atoms with Crippen LogP contribution in [-0.4, -0.2) is 48.0 Å². The maximum Gasteiger partial charge on any atom is 0.433 e. The third-order valence-electron chi connectivity index (χ3n) is 4.50. The number of nitrogens with one attached hydrogen (secondary N) is 1. The van der Waals surface area contributed by atoms with Crippen molar-refractivity contribution < 1.29 is 18.0 Å². The number of pyridine rings is 1. The predicted molar refractivity (Wildman–Crippen MR) is 104 cm³/mol. The minimum absolute atomic E-state index is 0.0364. The number of carbonyl (C=O) groups is 1. The second-order valence-electron chi connectivity index (χ2n) is 6.94. The molecule has 7 nitrogen and oxygen atoms in total. The van der Waals surface area contributed by atoms with E-state index >= 15 is 0 Å². The molecule has 3 heterocycles. The van der Waals surface area contributed by atoms with Crippen molar-refractivity contribution in [1.82, 2.24) is 15.0 Å². The first kappa shape index (κ1) is 21.1. The van der Waals surface area contributed by atoms with Gasteiger partial charge in [0.25, 0.3) is 0 Å². The van der Waals surface area contributed by atoms with E-state index in [-0.39, 0.29) is 24.2 Å². The van der Waals surface area contributed by atoms with E-state index in [1.165, 1.54) is 11.1 Å². The lowest BCUT2D eigenvalue weighted by molar-refractivity contribution is -0.141. The van der Waals surface area contributed by atoms with Gasteiger partial charge in [-0.2, -0.15) is 18.2 Å². The van der Waals surface area contributed by atoms with Crippen molar-refractivity contribution in [2.75, 3.05) is 42.3 Å². The van der Waals surface area contributed by atoms with E-state index in [1.54, 1.807) is 31.1 Å². The van der Waals surface area contributed by atoms with Gasteiger partial charge in [0.2, 0.25) is 11.9 Å². The van der Waals surface area contributed by atoms with Crippen molar-refractivity contribution in [3.8, 4) is 0 Å². The van der Waals surface area contributed by atoms with Crippen molar-refractivity contribution in [2.24, 2.45) is 5.92 Å². The summed E-state index contributed by atoms with van der Waals surface area (Å²) in [6.07, 6.45) is -1.93. The molecule has 0 radical (unpaired) electrons. The van der Waals surface area contributed by atoms with Crippen LogP contribution in [0.2, 0.25) is 5.02 Å². The monoisotopic (exact) mass is 428 g/mol. The summed E-state index contributed by atoms with van der Waals surface area (Å²) in [5, 5.41) is 3.16. The number of nitrogens with zero attached hydrogens (tertiary/aromatic N) is 5. The molecule has 1 unspecified atom stereocenters. The quantitative estimate of drug-likeness (QED) is 0.803. The average Bonchev–Trinajstić information content (AvgIpc) is 2.68. The maximum absolute atomic E-state index is 13.2. The van der Waals surface area contributed by atoms with Crippen LogP contribution in [0.15, 0.2) is 24.4 Å². The molecule has 0 saturated carbocycles. The van der Waals surface area contributed by atoms with Gasteiger partial charge >= 0.3 is 6.18 Å². The number of amides is 1. The molecule has 0 spiro atoms. The fraction of sp³-hybridized carbons (Fsp3) is 0.444. The molecule has 0 aromatic carbocycles. The van der Waals surface area contributed by atoms with E-state index < -0.39 is 17.8 Å². The van der Waals surface area contributed by atoms with Gasteiger partial charge in [-0.05, 0) is 25.0 Å². The van der Waals surface area contributed by atoms with Gasteiger partial charge in [0, 0.05) is 39.4 Å². The molecule has 3 rings (SSSR count). The first-order valence-electron chi connectivity index (χ1n) is 8.94. The highest BCUT2D eigenvalue weighted by Gasteiger charge is 2.35. The van der Waals surface area contributed by atoms with Crippen LogP contribution < -0.4 is 15.1 Å². The Morgan fingerprint density at radius 2 is 2.07 bits per heavy atom. The SMILES string of the molecule is CN(C)c1cc(C(F)(F)F)nc(N2CCCC(C(=O)Nc3ccc(Cl)cn3)C2)n1. The molecular weight excluding hydrogens is 409 g/mol. The number of piperidine rings is 1. The van der Waals surface area contributed by atoms with Gasteiger partial charge in [-0.1, -0.05) is 11.6 Å². The summed E-state index contributed by atoms with van der Waals surface area (Å²) in [5.41, 5.74) is -1.01. The van der Waals surface area contributed by atoms with Crippen LogP contribution in [0.5, 0.6) is 0 Å². The number of halogens is 4. The number of aromatic nitrogens is 3. The van der Waals surface area contributed by atoms with E-state index in [2.05, 4.69) is 20.3 Å². The van der Waals surface area contributed by atoms with Crippen LogP contribution >= 0.6 is 11.6 Å². The molecule has 1 aliphatic heterocycles. The zero-order valence-corrected chi connectivity index (χ0v) is 16.6. The highest BCUT2D eigenvalue weighted by atomic mass is 35.5. The molecule has 0 aliphatic carbocycles. The number of hydrogen-bond acceptors (Lipinski definition) is 6. The lowest BCUT2D eigenvalue weighted by Gasteiger charge is -2.32. The average molecular weight is 429 g/mol. The second-order valence-corrected chi connectivity index (χ2v) is 7.38. The molecule has 156 valence electrons. The Balaban J connectivity index is 1.78. The maximum atomic E-state index is 13.2. The second kappa shape index (κ2) is 8.40. The van der Waals surface area contributed by atoms with Gasteiger partial charge in [-0.25, -0.2) is 9.97 Å². The lowest BCUT2D eigenvalue weighted by Crippen LogP contribution is -2.42. The molecule has 1 aliphatic rings. The minimum Gasteiger partial charge on any atom is -0.363 e. The van der Waals surface area contributed by atoms with Gasteiger partial charge in [0.05, 0.1) is 10.9 Å². The van der Waals surface area contributed by atoms with E-state index in [0.29, 0.717) is 30.2 Å². The van der Waals surface area contributed by atoms with Crippen LogP contribution in [0.1, 0.15) is 18.5 Å². The molecule has 0 bridgehead atoms. The number of rotatable bonds is 4. The number of anilines is 3. The Morgan fingerprint density at radius 1 is 1.31 bits per heavy atom. The summed E-state index contributed by atoms with van der Waals surface area (Å²) >= 11 is 5.78. The zero-order valence-electron chi connectivity index (χ0n) is 15.9. The summed E-state index contributed by atoms with van der Waals surface area (Å²) in [4.78, 5) is 27.7. The number of alkyl halides is 3. The first-order chi connectivity index (χ1) is 13.6. The number of hydrogen-bond donors (Lipinski definition) is 1. The van der Waals surface area contributed by atoms with E-state index in [4.69, 9.17) is 11.6 Å². The molecule has 1 saturated heterocycles. The summed E-state index contributed by atoms with van der Waals surface area (Å²) in [6, 6.07) is 4.10. The summed E-state index contributed by atoms with van der Waals surface area (Å²) < 4.78 is 39.7. The van der Waals surface area contributed by atoms with Crippen LogP contribution in [0.25, 0.3) is 0 Å². The van der Waals surface area contributed by atoms with E-state index in [9.17, 15) is 18.0 Å². The molecule has 29 heavy (non-hydrogen) atoms. The molecule has 2 aromatic heterocycles. The van der Waals surface area contributed by atoms with Crippen LogP contribution in [-0.2, 0) is 11.0 Å². The van der Waals surface area contributed by atoms with Gasteiger partial charge in [-0.15, -0.1) is 0 Å². The van der Waals surface area contributed by atoms with Crippen molar-refractivity contribution >= 4 is 35.1 Å². The highest BCUT2D eigenvalue weighted by Crippen LogP contribution is 2.32. The Kier molecular flexibility index (Phi) is 6.11. The normalized spacial score (nSPS) is 17.2. The molecule has 1 amide bonds. The van der Waals surface area contributed by atoms with Crippen LogP contribution in [0.4, 0.5) is 30.8 Å². The zero-order chi connectivity index (χ0) is 21.2. The molecule has 11 heteroatoms. The molecular formula is C18H20ClF3N6O. The molecule has 1 N–H and O–H groups in total. The van der Waals surface area contributed by atoms with E-state index in [1.807, 2.05) is 0 Å². The lowest BCUT2D eigenvalue weighted by atomic mass is 9.97. The predicted octanol–water partition coefficient (Wildman–Crippen LogP) is 3.46. The molecule has 1 fully saturated rings. The smallest absolute Gasteiger partial charge is 0.363 e. The van der Waals surface area contributed by atoms with Crippen molar-refractivity contribution in [2.45, 2.75) is 19.0 Å². The van der Waals surface area contributed by atoms with Gasteiger partial charge in [0.1, 0.15) is 11.6 Å². The Bertz CT molecular complexity index is 875. The minimum atomic E-state index is -4.59. The van der Waals surface area contributed by atoms with Crippen LogP contribution in [0, 0.1) is 5.92 Å².